The predicted octanol–water partition coefficient (Wildman–Crippen LogP) is 3.71. The molecule has 0 N–H and O–H groups in total. The van der Waals surface area contributed by atoms with Crippen molar-refractivity contribution in [3.63, 3.8) is 0 Å². The third kappa shape index (κ3) is 4.75. The second-order valence-corrected chi connectivity index (χ2v) is 9.72. The van der Waals surface area contributed by atoms with Crippen LogP contribution in [-0.4, -0.2) is 43.9 Å². The Balaban J connectivity index is 1.89. The van der Waals surface area contributed by atoms with Crippen LogP contribution in [0.4, 0.5) is 5.69 Å². The van der Waals surface area contributed by atoms with E-state index in [0.717, 1.165) is 11.6 Å². The quantitative estimate of drug-likeness (QED) is 0.540. The highest BCUT2D eigenvalue weighted by molar-refractivity contribution is 7.89. The van der Waals surface area contributed by atoms with Gasteiger partial charge in [0.05, 0.1) is 23.0 Å². The lowest BCUT2D eigenvalue weighted by atomic mass is 9.87. The first kappa shape index (κ1) is 21.2. The molecule has 0 aliphatic carbocycles. The summed E-state index contributed by atoms with van der Waals surface area (Å²) in [6.07, 6.45) is 0. The zero-order valence-electron chi connectivity index (χ0n) is 16.6. The smallest absolute Gasteiger partial charge is 0.312 e. The van der Waals surface area contributed by atoms with E-state index in [2.05, 4.69) is 20.8 Å². The van der Waals surface area contributed by atoms with E-state index >= 15 is 0 Å². The number of morpholine rings is 1. The van der Waals surface area contributed by atoms with Crippen molar-refractivity contribution in [3.05, 3.63) is 58.1 Å². The topological polar surface area (TPSA) is 99.0 Å². The Morgan fingerprint density at radius 2 is 1.69 bits per heavy atom. The summed E-state index contributed by atoms with van der Waals surface area (Å²) >= 11 is 0. The molecular weight excluding hydrogens is 396 g/mol. The average molecular weight is 420 g/mol. The van der Waals surface area contributed by atoms with Crippen molar-refractivity contribution in [3.8, 4) is 11.5 Å². The minimum Gasteiger partial charge on any atom is -0.450 e. The molecule has 0 aromatic heterocycles. The number of rotatable bonds is 5. The van der Waals surface area contributed by atoms with Crippen LogP contribution in [0.15, 0.2) is 47.4 Å². The van der Waals surface area contributed by atoms with Gasteiger partial charge in [0.25, 0.3) is 0 Å². The number of nitro groups is 1. The summed E-state index contributed by atoms with van der Waals surface area (Å²) in [4.78, 5) is 10.8. The standard InChI is InChI=1S/C20H24N2O6S/c1-20(2,3)15-4-6-16(7-5-15)28-19-9-8-17(14-18(19)22(23)24)29(25,26)21-10-12-27-13-11-21/h4-9,14H,10-13H2,1-3H3. The summed E-state index contributed by atoms with van der Waals surface area (Å²) in [5, 5.41) is 11.6. The van der Waals surface area contributed by atoms with Crippen molar-refractivity contribution in [2.45, 2.75) is 31.1 Å². The number of benzene rings is 2. The average Bonchev–Trinajstić information content (AvgIpc) is 2.68. The molecule has 0 saturated carbocycles. The van der Waals surface area contributed by atoms with Crippen LogP contribution in [-0.2, 0) is 20.2 Å². The first-order valence-corrected chi connectivity index (χ1v) is 10.7. The van der Waals surface area contributed by atoms with Gasteiger partial charge in [-0.3, -0.25) is 10.1 Å². The van der Waals surface area contributed by atoms with E-state index in [1.807, 2.05) is 12.1 Å². The molecule has 2 aromatic carbocycles. The van der Waals surface area contributed by atoms with Crippen LogP contribution in [0.2, 0.25) is 0 Å². The third-order valence-electron chi connectivity index (χ3n) is 4.68. The summed E-state index contributed by atoms with van der Waals surface area (Å²) in [5.74, 6) is 0.421. The second-order valence-electron chi connectivity index (χ2n) is 7.78. The highest BCUT2D eigenvalue weighted by atomic mass is 32.2. The number of sulfonamides is 1. The van der Waals surface area contributed by atoms with Crippen LogP contribution >= 0.6 is 0 Å². The van der Waals surface area contributed by atoms with Gasteiger partial charge in [-0.2, -0.15) is 4.31 Å². The molecule has 9 heteroatoms. The fraction of sp³-hybridized carbons (Fsp3) is 0.400. The Kier molecular flexibility index (Phi) is 5.92. The Morgan fingerprint density at radius 1 is 1.07 bits per heavy atom. The molecule has 8 nitrogen and oxygen atoms in total. The predicted molar refractivity (Wildman–Crippen MR) is 108 cm³/mol. The summed E-state index contributed by atoms with van der Waals surface area (Å²) in [6.45, 7) is 7.28. The van der Waals surface area contributed by atoms with Gasteiger partial charge in [-0.25, -0.2) is 8.42 Å². The lowest BCUT2D eigenvalue weighted by Gasteiger charge is -2.26. The largest absolute Gasteiger partial charge is 0.450 e. The molecule has 1 heterocycles. The lowest BCUT2D eigenvalue weighted by molar-refractivity contribution is -0.385. The van der Waals surface area contributed by atoms with Gasteiger partial charge < -0.3 is 9.47 Å². The van der Waals surface area contributed by atoms with E-state index in [0.29, 0.717) is 19.0 Å². The number of hydrogen-bond acceptors (Lipinski definition) is 6. The van der Waals surface area contributed by atoms with Gasteiger partial charge in [-0.05, 0) is 35.2 Å². The SMILES string of the molecule is CC(C)(C)c1ccc(Oc2ccc(S(=O)(=O)N3CCOCC3)cc2[N+](=O)[O-])cc1. The van der Waals surface area contributed by atoms with E-state index in [1.165, 1.54) is 16.4 Å². The van der Waals surface area contributed by atoms with E-state index in [1.54, 1.807) is 12.1 Å². The molecule has 29 heavy (non-hydrogen) atoms. The monoisotopic (exact) mass is 420 g/mol. The van der Waals surface area contributed by atoms with Crippen LogP contribution in [0.5, 0.6) is 11.5 Å². The molecule has 2 aromatic rings. The second kappa shape index (κ2) is 8.10. The maximum Gasteiger partial charge on any atom is 0.312 e. The molecule has 0 amide bonds. The molecule has 1 fully saturated rings. The Labute approximate surface area is 170 Å². The first-order valence-electron chi connectivity index (χ1n) is 9.24. The van der Waals surface area contributed by atoms with Gasteiger partial charge in [0.1, 0.15) is 5.75 Å². The van der Waals surface area contributed by atoms with Gasteiger partial charge in [0, 0.05) is 19.2 Å². The minimum absolute atomic E-state index is 0.0144. The molecule has 1 aliphatic heterocycles. The number of nitrogens with zero attached hydrogens (tertiary/aromatic N) is 2. The third-order valence-corrected chi connectivity index (χ3v) is 6.58. The van der Waals surface area contributed by atoms with E-state index in [-0.39, 0.29) is 29.1 Å². The first-order chi connectivity index (χ1) is 13.6. The maximum absolute atomic E-state index is 12.8. The Bertz CT molecular complexity index is 991. The van der Waals surface area contributed by atoms with Crippen LogP contribution in [0, 0.1) is 10.1 Å². The van der Waals surface area contributed by atoms with Crippen molar-refractivity contribution in [1.29, 1.82) is 0 Å². The molecule has 3 rings (SSSR count). The van der Waals surface area contributed by atoms with Gasteiger partial charge in [0.2, 0.25) is 15.8 Å². The van der Waals surface area contributed by atoms with Crippen LogP contribution in [0.3, 0.4) is 0 Å². The summed E-state index contributed by atoms with van der Waals surface area (Å²) in [5.41, 5.74) is 0.672. The van der Waals surface area contributed by atoms with Gasteiger partial charge in [-0.15, -0.1) is 0 Å². The molecule has 0 atom stereocenters. The fourth-order valence-corrected chi connectivity index (χ4v) is 4.40. The molecule has 0 radical (unpaired) electrons. The van der Waals surface area contributed by atoms with Gasteiger partial charge in [-0.1, -0.05) is 32.9 Å². The van der Waals surface area contributed by atoms with E-state index in [9.17, 15) is 18.5 Å². The molecule has 156 valence electrons. The molecule has 1 saturated heterocycles. The molecule has 1 aliphatic rings. The highest BCUT2D eigenvalue weighted by Gasteiger charge is 2.29. The Hall–Kier alpha value is -2.49. The summed E-state index contributed by atoms with van der Waals surface area (Å²) in [7, 11) is -3.84. The normalized spacial score (nSPS) is 15.8. The molecule has 0 spiro atoms. The Morgan fingerprint density at radius 3 is 2.24 bits per heavy atom. The highest BCUT2D eigenvalue weighted by Crippen LogP contribution is 2.35. The van der Waals surface area contributed by atoms with Gasteiger partial charge in [0.15, 0.2) is 0 Å². The fourth-order valence-electron chi connectivity index (χ4n) is 2.97. The van der Waals surface area contributed by atoms with Crippen LogP contribution < -0.4 is 4.74 Å². The van der Waals surface area contributed by atoms with Crippen molar-refractivity contribution < 1.29 is 22.8 Å². The molecule has 0 unspecified atom stereocenters. The van der Waals surface area contributed by atoms with E-state index in [4.69, 9.17) is 9.47 Å². The molecular formula is C20H24N2O6S. The van der Waals surface area contributed by atoms with Crippen molar-refractivity contribution in [2.24, 2.45) is 0 Å². The van der Waals surface area contributed by atoms with Crippen LogP contribution in [0.25, 0.3) is 0 Å². The number of nitro benzene ring substituents is 1. The summed E-state index contributed by atoms with van der Waals surface area (Å²) < 4.78 is 37.7. The number of hydrogen-bond donors (Lipinski definition) is 0. The van der Waals surface area contributed by atoms with Crippen LogP contribution in [0.1, 0.15) is 26.3 Å². The van der Waals surface area contributed by atoms with Crippen molar-refractivity contribution in [1.82, 2.24) is 4.31 Å². The zero-order valence-corrected chi connectivity index (χ0v) is 17.4. The van der Waals surface area contributed by atoms with E-state index < -0.39 is 20.6 Å². The van der Waals surface area contributed by atoms with Crippen molar-refractivity contribution >= 4 is 15.7 Å². The van der Waals surface area contributed by atoms with Crippen molar-refractivity contribution in [2.75, 3.05) is 26.3 Å². The maximum atomic E-state index is 12.8. The molecule has 0 bridgehead atoms. The minimum atomic E-state index is -3.84. The lowest BCUT2D eigenvalue weighted by Crippen LogP contribution is -2.40. The zero-order chi connectivity index (χ0) is 21.2. The van der Waals surface area contributed by atoms with Gasteiger partial charge >= 0.3 is 5.69 Å². The summed E-state index contributed by atoms with van der Waals surface area (Å²) in [6, 6.07) is 11.0. The number of ether oxygens (including phenoxy) is 2.